The second kappa shape index (κ2) is 18.9. The van der Waals surface area contributed by atoms with Crippen molar-refractivity contribution in [3.8, 4) is 45.8 Å². The van der Waals surface area contributed by atoms with Crippen LogP contribution in [0.15, 0.2) is 77.8 Å². The van der Waals surface area contributed by atoms with Crippen LogP contribution < -0.4 is 18.9 Å². The van der Waals surface area contributed by atoms with E-state index in [4.69, 9.17) is 28.2 Å². The molecule has 0 bridgehead atoms. The second-order valence-corrected chi connectivity index (χ2v) is 13.8. The highest BCUT2D eigenvalue weighted by atomic mass is 19.4. The third-order valence-electron chi connectivity index (χ3n) is 9.66. The largest absolute Gasteiger partial charge is 0.496 e. The fraction of sp³-hybridized carbons (Fsp3) is 0.279. The molecule has 336 valence electrons. The monoisotopic (exact) mass is 896 g/mol. The number of rotatable bonds is 14. The number of benzene rings is 4. The number of aryl methyl sites for hydroxylation is 1. The number of Topliss-reactive ketones (excluding diaryl/α,β-unsaturated/α-hetero) is 2. The molecule has 0 unspecified atom stereocenters. The lowest BCUT2D eigenvalue weighted by atomic mass is 10.0. The summed E-state index contributed by atoms with van der Waals surface area (Å²) >= 11 is 0. The van der Waals surface area contributed by atoms with E-state index < -0.39 is 55.6 Å². The number of alkyl halides is 6. The number of aromatic nitrogens is 6. The number of hydrogen-bond donors (Lipinski definition) is 0. The molecule has 15 nitrogen and oxygen atoms in total. The van der Waals surface area contributed by atoms with Crippen LogP contribution in [0.25, 0.3) is 44.9 Å². The first-order valence-corrected chi connectivity index (χ1v) is 18.9. The van der Waals surface area contributed by atoms with E-state index in [0.29, 0.717) is 50.8 Å². The second-order valence-electron chi connectivity index (χ2n) is 13.8. The van der Waals surface area contributed by atoms with Crippen molar-refractivity contribution in [2.24, 2.45) is 0 Å². The van der Waals surface area contributed by atoms with E-state index in [1.54, 1.807) is 64.8 Å². The molecule has 0 saturated heterocycles. The quantitative estimate of drug-likeness (QED) is 0.0575. The van der Waals surface area contributed by atoms with Crippen molar-refractivity contribution in [1.29, 1.82) is 0 Å². The van der Waals surface area contributed by atoms with Gasteiger partial charge in [-0.05, 0) is 43.3 Å². The topological polar surface area (TPSA) is 172 Å². The number of imidazole rings is 2. The maximum atomic E-state index is 12.6. The number of carbonyl (C=O) groups excluding carboxylic acids is 3. The molecule has 0 fully saturated rings. The van der Waals surface area contributed by atoms with Crippen molar-refractivity contribution < 1.29 is 68.9 Å². The molecule has 7 aromatic rings. The van der Waals surface area contributed by atoms with E-state index in [0.717, 1.165) is 5.52 Å². The maximum absolute atomic E-state index is 12.6. The molecule has 0 spiro atoms. The maximum Gasteiger partial charge on any atom is 0.389 e. The third-order valence-corrected chi connectivity index (χ3v) is 9.66. The van der Waals surface area contributed by atoms with Crippen LogP contribution in [-0.4, -0.2) is 94.7 Å². The van der Waals surface area contributed by atoms with Crippen LogP contribution in [0.2, 0.25) is 0 Å². The summed E-state index contributed by atoms with van der Waals surface area (Å²) in [6, 6.07) is 16.4. The zero-order valence-corrected chi connectivity index (χ0v) is 34.9. The van der Waals surface area contributed by atoms with E-state index in [1.165, 1.54) is 54.0 Å². The highest BCUT2D eigenvalue weighted by molar-refractivity contribution is 6.03. The van der Waals surface area contributed by atoms with Crippen molar-refractivity contribution in [3.05, 3.63) is 95.8 Å². The van der Waals surface area contributed by atoms with Gasteiger partial charge in [-0.3, -0.25) is 18.7 Å². The molecular formula is C43H38F6N6O9. The number of hydrogen-bond acceptors (Lipinski definition) is 13. The van der Waals surface area contributed by atoms with Gasteiger partial charge in [0.25, 0.3) is 5.89 Å². The highest BCUT2D eigenvalue weighted by Gasteiger charge is 2.32. The first-order chi connectivity index (χ1) is 30.4. The van der Waals surface area contributed by atoms with Gasteiger partial charge in [-0.15, -0.1) is 0 Å². The number of nitrogens with zero attached hydrogens (tertiary/aromatic N) is 6. The van der Waals surface area contributed by atoms with Gasteiger partial charge in [0.1, 0.15) is 46.8 Å². The number of carbonyl (C=O) groups is 3. The Morgan fingerprint density at radius 3 is 1.45 bits per heavy atom. The Morgan fingerprint density at radius 1 is 0.625 bits per heavy atom. The molecule has 3 aromatic heterocycles. The van der Waals surface area contributed by atoms with Gasteiger partial charge in [0.15, 0.2) is 17.4 Å². The standard InChI is InChI=1S/C22H19F3N4O4.C21H19F3N2O5/c1-12-27-21(33-28-12)13-4-5-16-15(8-13)26-11-29(16)14-9-18(31-2)20(19(10-14)32-3)17(30)6-7-22(23,24)25;1-29-17-9-13(10-18(30-2)19(17)16(27)6-7-21(22,23)24)26-11-25-14-8-12(20(28)31-3)4-5-15(14)26/h4-5,8-11H,6-7H2,1-3H3;4-5,8-11H,6-7H2,1-3H3. The summed E-state index contributed by atoms with van der Waals surface area (Å²) in [6.45, 7) is 1.72. The molecule has 0 saturated carbocycles. The molecule has 0 atom stereocenters. The molecule has 21 heteroatoms. The van der Waals surface area contributed by atoms with Gasteiger partial charge in [0.05, 0.1) is 87.4 Å². The molecule has 0 aliphatic rings. The first kappa shape index (κ1) is 46.1. The van der Waals surface area contributed by atoms with E-state index in [1.807, 2.05) is 6.07 Å². The molecule has 0 amide bonds. The minimum atomic E-state index is -4.45. The number of ether oxygens (including phenoxy) is 5. The number of fused-ring (bicyclic) bond motifs is 2. The zero-order valence-electron chi connectivity index (χ0n) is 34.9. The van der Waals surface area contributed by atoms with E-state index in [9.17, 15) is 40.7 Å². The van der Waals surface area contributed by atoms with Crippen LogP contribution in [0.4, 0.5) is 26.3 Å². The number of ketones is 2. The average molecular weight is 897 g/mol. The smallest absolute Gasteiger partial charge is 0.389 e. The third kappa shape index (κ3) is 10.2. The number of methoxy groups -OCH3 is 5. The van der Waals surface area contributed by atoms with E-state index in [2.05, 4.69) is 20.1 Å². The molecule has 3 heterocycles. The lowest BCUT2D eigenvalue weighted by Gasteiger charge is -2.16. The van der Waals surface area contributed by atoms with Gasteiger partial charge < -0.3 is 28.2 Å². The Balaban J connectivity index is 0.000000213. The van der Waals surface area contributed by atoms with Gasteiger partial charge in [0.2, 0.25) is 0 Å². The summed E-state index contributed by atoms with van der Waals surface area (Å²) in [4.78, 5) is 49.6. The normalized spacial score (nSPS) is 11.6. The van der Waals surface area contributed by atoms with Crippen molar-refractivity contribution in [2.75, 3.05) is 35.5 Å². The SMILES string of the molecule is COC(=O)c1ccc2c(c1)ncn2-c1cc(OC)c(C(=O)CCC(F)(F)F)c(OC)c1.COc1cc(-n2cnc3cc(-c4nc(C)no4)ccc32)cc(OC)c1C(=O)CCC(F)(F)F. The van der Waals surface area contributed by atoms with Gasteiger partial charge in [-0.2, -0.15) is 31.3 Å². The van der Waals surface area contributed by atoms with Crippen molar-refractivity contribution >= 4 is 39.6 Å². The van der Waals surface area contributed by atoms with Gasteiger partial charge in [-0.1, -0.05) is 5.16 Å². The minimum absolute atomic E-state index is 0.0357. The first-order valence-electron chi connectivity index (χ1n) is 18.9. The molecule has 0 N–H and O–H groups in total. The van der Waals surface area contributed by atoms with Crippen LogP contribution in [0, 0.1) is 6.92 Å². The minimum Gasteiger partial charge on any atom is -0.496 e. The molecule has 0 aliphatic carbocycles. The Bertz CT molecular complexity index is 2800. The van der Waals surface area contributed by atoms with Crippen molar-refractivity contribution in [1.82, 2.24) is 29.2 Å². The number of esters is 1. The van der Waals surface area contributed by atoms with Gasteiger partial charge in [0, 0.05) is 42.7 Å². The van der Waals surface area contributed by atoms with E-state index >= 15 is 0 Å². The molecule has 0 radical (unpaired) electrons. The summed E-state index contributed by atoms with van der Waals surface area (Å²) in [7, 11) is 6.58. The summed E-state index contributed by atoms with van der Waals surface area (Å²) in [5.74, 6) is -0.703. The predicted octanol–water partition coefficient (Wildman–Crippen LogP) is 9.28. The van der Waals surface area contributed by atoms with Gasteiger partial charge in [-0.25, -0.2) is 14.8 Å². The van der Waals surface area contributed by atoms with Crippen molar-refractivity contribution in [3.63, 3.8) is 0 Å². The average Bonchev–Trinajstić information content (AvgIpc) is 4.03. The fourth-order valence-corrected chi connectivity index (χ4v) is 6.61. The summed E-state index contributed by atoms with van der Waals surface area (Å²) in [5, 5.41) is 3.78. The fourth-order valence-electron chi connectivity index (χ4n) is 6.61. The van der Waals surface area contributed by atoms with Crippen LogP contribution in [-0.2, 0) is 4.74 Å². The molecule has 64 heavy (non-hydrogen) atoms. The van der Waals surface area contributed by atoms with Crippen LogP contribution in [0.1, 0.15) is 62.6 Å². The van der Waals surface area contributed by atoms with Crippen molar-refractivity contribution in [2.45, 2.75) is 45.0 Å². The summed E-state index contributed by atoms with van der Waals surface area (Å²) in [6.07, 6.45) is -9.71. The lowest BCUT2D eigenvalue weighted by Crippen LogP contribution is -2.13. The Morgan fingerprint density at radius 2 is 1.06 bits per heavy atom. The molecule has 0 aliphatic heterocycles. The van der Waals surface area contributed by atoms with Gasteiger partial charge >= 0.3 is 18.3 Å². The summed E-state index contributed by atoms with van der Waals surface area (Å²) < 4.78 is 110. The molecule has 4 aromatic carbocycles. The summed E-state index contributed by atoms with van der Waals surface area (Å²) in [5.41, 5.74) is 4.55. The Kier molecular flexibility index (Phi) is 13.6. The predicted molar refractivity (Wildman–Crippen MR) is 217 cm³/mol. The Labute approximate surface area is 359 Å². The molecular weight excluding hydrogens is 858 g/mol. The zero-order chi connectivity index (χ0) is 46.5. The van der Waals surface area contributed by atoms with E-state index in [-0.39, 0.29) is 34.1 Å². The lowest BCUT2D eigenvalue weighted by molar-refractivity contribution is -0.134. The molecule has 7 rings (SSSR count). The highest BCUT2D eigenvalue weighted by Crippen LogP contribution is 2.38. The van der Waals surface area contributed by atoms with Crippen LogP contribution in [0.5, 0.6) is 23.0 Å². The van der Waals surface area contributed by atoms with Crippen LogP contribution >= 0.6 is 0 Å². The van der Waals surface area contributed by atoms with Crippen LogP contribution in [0.3, 0.4) is 0 Å². The Hall–Kier alpha value is -7.45. The number of halogens is 6.